The Morgan fingerprint density at radius 3 is 2.79 bits per heavy atom. The topological polar surface area (TPSA) is 25.4 Å². The van der Waals surface area contributed by atoms with E-state index in [1.165, 1.54) is 25.4 Å². The number of hydrogen-bond acceptors (Lipinski definition) is 3. The molecule has 7 heteroatoms. The van der Waals surface area contributed by atoms with Crippen LogP contribution in [0.5, 0.6) is 5.88 Å². The van der Waals surface area contributed by atoms with Crippen LogP contribution in [0.2, 0.25) is 5.02 Å². The Bertz CT molecular complexity index is 540. The van der Waals surface area contributed by atoms with Crippen LogP contribution >= 0.6 is 11.6 Å². The Balaban J connectivity index is 2.49. The zero-order valence-electron chi connectivity index (χ0n) is 9.91. The lowest BCUT2D eigenvalue weighted by molar-refractivity contribution is -0.0933. The van der Waals surface area contributed by atoms with Gasteiger partial charge < -0.3 is 9.64 Å². The predicted octanol–water partition coefficient (Wildman–Crippen LogP) is 3.57. The molecular formula is C12H10ClF3N2O. The zero-order chi connectivity index (χ0) is 14.0. The molecule has 0 atom stereocenters. The molecule has 1 aromatic rings. The molecule has 0 radical (unpaired) electrons. The molecule has 1 aromatic heterocycles. The first-order valence-corrected chi connectivity index (χ1v) is 5.72. The van der Waals surface area contributed by atoms with Gasteiger partial charge in [-0.15, -0.1) is 0 Å². The van der Waals surface area contributed by atoms with E-state index in [4.69, 9.17) is 16.3 Å². The first-order chi connectivity index (χ1) is 8.93. The minimum atomic E-state index is -4.46. The quantitative estimate of drug-likeness (QED) is 0.832. The van der Waals surface area contributed by atoms with Crippen LogP contribution in [0.15, 0.2) is 36.2 Å². The second-order valence-electron chi connectivity index (χ2n) is 3.77. The summed E-state index contributed by atoms with van der Waals surface area (Å²) in [5.41, 5.74) is -0.597. The van der Waals surface area contributed by atoms with Gasteiger partial charge in [-0.25, -0.2) is 4.98 Å². The van der Waals surface area contributed by atoms with Gasteiger partial charge >= 0.3 is 6.18 Å². The molecule has 19 heavy (non-hydrogen) atoms. The third-order valence-corrected chi connectivity index (χ3v) is 2.75. The van der Waals surface area contributed by atoms with Gasteiger partial charge in [-0.1, -0.05) is 23.8 Å². The summed E-state index contributed by atoms with van der Waals surface area (Å²) in [6, 6.07) is 1.39. The number of anilines is 1. The molecule has 0 aromatic carbocycles. The predicted molar refractivity (Wildman–Crippen MR) is 66.4 cm³/mol. The standard InChI is InChI=1S/C12H10ClF3N2O/c1-19-11-9(6-8(13)7-17-11)18-5-3-2-4-10(18)12(14,15)16/h2-4,6-7H,5H2,1H3. The second kappa shape index (κ2) is 5.13. The van der Waals surface area contributed by atoms with Crippen LogP contribution in [0.4, 0.5) is 18.9 Å². The maximum absolute atomic E-state index is 13.0. The highest BCUT2D eigenvalue weighted by atomic mass is 35.5. The number of methoxy groups -OCH3 is 1. The summed E-state index contributed by atoms with van der Waals surface area (Å²) in [5, 5.41) is 0.242. The van der Waals surface area contributed by atoms with Crippen LogP contribution in [0.25, 0.3) is 0 Å². The van der Waals surface area contributed by atoms with Gasteiger partial charge in [-0.05, 0) is 12.1 Å². The van der Waals surface area contributed by atoms with Crippen molar-refractivity contribution in [2.75, 3.05) is 18.6 Å². The van der Waals surface area contributed by atoms with Crippen molar-refractivity contribution < 1.29 is 17.9 Å². The fourth-order valence-electron chi connectivity index (χ4n) is 1.76. The molecular weight excluding hydrogens is 281 g/mol. The van der Waals surface area contributed by atoms with Crippen LogP contribution in [0.3, 0.4) is 0 Å². The summed E-state index contributed by atoms with van der Waals surface area (Å²) in [6.45, 7) is 0.0731. The molecule has 1 aliphatic heterocycles. The highest BCUT2D eigenvalue weighted by molar-refractivity contribution is 6.30. The molecule has 0 N–H and O–H groups in total. The van der Waals surface area contributed by atoms with Gasteiger partial charge in [0.15, 0.2) is 0 Å². The number of rotatable bonds is 2. The molecule has 0 saturated carbocycles. The molecule has 2 rings (SSSR count). The van der Waals surface area contributed by atoms with Crippen LogP contribution in [-0.2, 0) is 0 Å². The minimum Gasteiger partial charge on any atom is -0.480 e. The Kier molecular flexibility index (Phi) is 3.71. The number of aromatic nitrogens is 1. The summed E-state index contributed by atoms with van der Waals surface area (Å²) in [6.07, 6.45) is 0.835. The van der Waals surface area contributed by atoms with Crippen molar-refractivity contribution in [2.24, 2.45) is 0 Å². The van der Waals surface area contributed by atoms with Gasteiger partial charge in [0.1, 0.15) is 11.4 Å². The third-order valence-electron chi connectivity index (χ3n) is 2.54. The van der Waals surface area contributed by atoms with Crippen molar-refractivity contribution >= 4 is 17.3 Å². The molecule has 3 nitrogen and oxygen atoms in total. The number of halogens is 4. The van der Waals surface area contributed by atoms with Crippen molar-refractivity contribution in [2.45, 2.75) is 6.18 Å². The van der Waals surface area contributed by atoms with Crippen molar-refractivity contribution in [3.63, 3.8) is 0 Å². The highest BCUT2D eigenvalue weighted by Gasteiger charge is 2.39. The molecule has 1 aliphatic rings. The molecule has 0 fully saturated rings. The van der Waals surface area contributed by atoms with E-state index in [2.05, 4.69) is 4.98 Å². The van der Waals surface area contributed by atoms with Gasteiger partial charge in [0.05, 0.1) is 12.1 Å². The number of ether oxygens (including phenoxy) is 1. The average molecular weight is 291 g/mol. The van der Waals surface area contributed by atoms with Gasteiger partial charge in [0.25, 0.3) is 0 Å². The lowest BCUT2D eigenvalue weighted by atomic mass is 10.2. The molecule has 0 unspecified atom stereocenters. The van der Waals surface area contributed by atoms with E-state index in [0.717, 1.165) is 11.0 Å². The minimum absolute atomic E-state index is 0.0731. The monoisotopic (exact) mass is 290 g/mol. The summed E-state index contributed by atoms with van der Waals surface area (Å²) in [4.78, 5) is 4.94. The summed E-state index contributed by atoms with van der Waals surface area (Å²) in [7, 11) is 1.34. The van der Waals surface area contributed by atoms with Crippen molar-refractivity contribution in [3.8, 4) is 5.88 Å². The van der Waals surface area contributed by atoms with E-state index in [1.807, 2.05) is 0 Å². The smallest absolute Gasteiger partial charge is 0.431 e. The third kappa shape index (κ3) is 2.84. The molecule has 0 amide bonds. The molecule has 102 valence electrons. The van der Waals surface area contributed by atoms with Crippen LogP contribution in [0, 0.1) is 0 Å². The van der Waals surface area contributed by atoms with E-state index >= 15 is 0 Å². The van der Waals surface area contributed by atoms with E-state index in [0.29, 0.717) is 0 Å². The summed E-state index contributed by atoms with van der Waals surface area (Å²) < 4.78 is 43.9. The van der Waals surface area contributed by atoms with E-state index in [-0.39, 0.29) is 23.1 Å². The zero-order valence-corrected chi connectivity index (χ0v) is 10.7. The number of hydrogen-bond donors (Lipinski definition) is 0. The Morgan fingerprint density at radius 1 is 1.42 bits per heavy atom. The fourth-order valence-corrected chi connectivity index (χ4v) is 1.91. The van der Waals surface area contributed by atoms with Crippen molar-refractivity contribution in [3.05, 3.63) is 41.2 Å². The lowest BCUT2D eigenvalue weighted by Gasteiger charge is -2.30. The summed E-state index contributed by atoms with van der Waals surface area (Å²) in [5.74, 6) is 0.0925. The molecule has 0 saturated heterocycles. The molecule has 0 aliphatic carbocycles. The average Bonchev–Trinajstić information content (AvgIpc) is 2.37. The van der Waals surface area contributed by atoms with Gasteiger partial charge in [-0.3, -0.25) is 0 Å². The van der Waals surface area contributed by atoms with Gasteiger partial charge in [0, 0.05) is 12.7 Å². The first kappa shape index (κ1) is 13.7. The van der Waals surface area contributed by atoms with Crippen LogP contribution < -0.4 is 9.64 Å². The summed E-state index contributed by atoms with van der Waals surface area (Å²) >= 11 is 5.79. The SMILES string of the molecule is COc1ncc(Cl)cc1N1CC=CC=C1C(F)(F)F. The van der Waals surface area contributed by atoms with Crippen LogP contribution in [0.1, 0.15) is 0 Å². The maximum Gasteiger partial charge on any atom is 0.431 e. The normalized spacial score (nSPS) is 15.4. The number of alkyl halides is 3. The number of nitrogens with zero attached hydrogens (tertiary/aromatic N) is 2. The lowest BCUT2D eigenvalue weighted by Crippen LogP contribution is -2.33. The Hall–Kier alpha value is -1.69. The molecule has 0 spiro atoms. The maximum atomic E-state index is 13.0. The van der Waals surface area contributed by atoms with E-state index < -0.39 is 11.9 Å². The van der Waals surface area contributed by atoms with E-state index in [9.17, 15) is 13.2 Å². The van der Waals surface area contributed by atoms with Crippen molar-refractivity contribution in [1.82, 2.24) is 4.98 Å². The molecule has 0 bridgehead atoms. The Morgan fingerprint density at radius 2 is 2.16 bits per heavy atom. The van der Waals surface area contributed by atoms with Gasteiger partial charge in [-0.2, -0.15) is 13.2 Å². The number of allylic oxidation sites excluding steroid dienone is 3. The Labute approximate surface area is 112 Å². The largest absolute Gasteiger partial charge is 0.480 e. The number of pyridine rings is 1. The second-order valence-corrected chi connectivity index (χ2v) is 4.21. The van der Waals surface area contributed by atoms with Crippen molar-refractivity contribution in [1.29, 1.82) is 0 Å². The van der Waals surface area contributed by atoms with Gasteiger partial charge in [0.2, 0.25) is 5.88 Å². The first-order valence-electron chi connectivity index (χ1n) is 5.34. The van der Waals surface area contributed by atoms with Crippen LogP contribution in [-0.4, -0.2) is 24.8 Å². The fraction of sp³-hybridized carbons (Fsp3) is 0.250. The highest BCUT2D eigenvalue weighted by Crippen LogP contribution is 2.38. The molecule has 2 heterocycles. The van der Waals surface area contributed by atoms with E-state index in [1.54, 1.807) is 6.08 Å².